The molecule has 0 radical (unpaired) electrons. The number of aromatic amines is 1. The Kier molecular flexibility index (Phi) is 4.10. The van der Waals surface area contributed by atoms with Crippen molar-refractivity contribution in [1.82, 2.24) is 20.5 Å². The van der Waals surface area contributed by atoms with Crippen molar-refractivity contribution >= 4 is 0 Å². The van der Waals surface area contributed by atoms with E-state index in [0.29, 0.717) is 0 Å². The molecule has 0 saturated heterocycles. The Balaban J connectivity index is 2.24. The van der Waals surface area contributed by atoms with Crippen molar-refractivity contribution in [2.24, 2.45) is 0 Å². The standard InChI is InChI=1S/C14H20N4/c1-4-15-13(14-16-9-17-18-14)8-12-10(2)6-5-7-11(12)3/h5-7,9,13,15H,4,8H2,1-3H3,(H,16,17,18). The Bertz CT molecular complexity index is 470. The molecule has 0 aliphatic heterocycles. The van der Waals surface area contributed by atoms with E-state index in [1.54, 1.807) is 6.33 Å². The van der Waals surface area contributed by atoms with Crippen LogP contribution in [0.4, 0.5) is 0 Å². The maximum absolute atomic E-state index is 4.26. The summed E-state index contributed by atoms with van der Waals surface area (Å²) in [6.07, 6.45) is 2.49. The molecular formula is C14H20N4. The molecule has 1 aromatic heterocycles. The summed E-state index contributed by atoms with van der Waals surface area (Å²) in [5.74, 6) is 0.902. The summed E-state index contributed by atoms with van der Waals surface area (Å²) < 4.78 is 0. The first-order chi connectivity index (χ1) is 8.72. The van der Waals surface area contributed by atoms with Gasteiger partial charge in [0, 0.05) is 0 Å². The molecule has 18 heavy (non-hydrogen) atoms. The van der Waals surface area contributed by atoms with E-state index in [1.165, 1.54) is 16.7 Å². The molecule has 4 heteroatoms. The maximum atomic E-state index is 4.26. The summed E-state index contributed by atoms with van der Waals surface area (Å²) in [4.78, 5) is 4.26. The highest BCUT2D eigenvalue weighted by Crippen LogP contribution is 2.20. The average Bonchev–Trinajstić information content (AvgIpc) is 2.86. The topological polar surface area (TPSA) is 53.6 Å². The average molecular weight is 244 g/mol. The lowest BCUT2D eigenvalue weighted by Crippen LogP contribution is -2.24. The van der Waals surface area contributed by atoms with E-state index in [2.05, 4.69) is 59.5 Å². The van der Waals surface area contributed by atoms with E-state index in [1.807, 2.05) is 0 Å². The third-order valence-corrected chi connectivity index (χ3v) is 3.27. The molecule has 96 valence electrons. The molecule has 0 spiro atoms. The van der Waals surface area contributed by atoms with Gasteiger partial charge >= 0.3 is 0 Å². The van der Waals surface area contributed by atoms with Crippen molar-refractivity contribution in [3.8, 4) is 0 Å². The molecule has 2 N–H and O–H groups in total. The van der Waals surface area contributed by atoms with Gasteiger partial charge in [-0.3, -0.25) is 5.10 Å². The number of aryl methyl sites for hydroxylation is 2. The van der Waals surface area contributed by atoms with Crippen molar-refractivity contribution in [3.63, 3.8) is 0 Å². The van der Waals surface area contributed by atoms with Crippen LogP contribution in [0.1, 0.15) is 35.5 Å². The lowest BCUT2D eigenvalue weighted by molar-refractivity contribution is 0.521. The summed E-state index contributed by atoms with van der Waals surface area (Å²) in [7, 11) is 0. The van der Waals surface area contributed by atoms with Crippen LogP contribution in [0.25, 0.3) is 0 Å². The number of hydrogen-bond donors (Lipinski definition) is 2. The van der Waals surface area contributed by atoms with Crippen molar-refractivity contribution in [2.45, 2.75) is 33.2 Å². The zero-order valence-corrected chi connectivity index (χ0v) is 11.2. The van der Waals surface area contributed by atoms with Gasteiger partial charge in [0.15, 0.2) is 0 Å². The minimum absolute atomic E-state index is 0.192. The fraction of sp³-hybridized carbons (Fsp3) is 0.429. The molecule has 2 rings (SSSR count). The van der Waals surface area contributed by atoms with Gasteiger partial charge in [-0.2, -0.15) is 5.10 Å². The lowest BCUT2D eigenvalue weighted by atomic mass is 9.96. The predicted octanol–water partition coefficient (Wildman–Crippen LogP) is 2.31. The second kappa shape index (κ2) is 5.78. The number of nitrogens with one attached hydrogen (secondary N) is 2. The molecule has 0 bridgehead atoms. The first-order valence-electron chi connectivity index (χ1n) is 6.36. The smallest absolute Gasteiger partial charge is 0.141 e. The van der Waals surface area contributed by atoms with Crippen LogP contribution in [-0.4, -0.2) is 21.7 Å². The fourth-order valence-electron chi connectivity index (χ4n) is 2.27. The highest BCUT2D eigenvalue weighted by molar-refractivity contribution is 5.34. The number of aromatic nitrogens is 3. The number of rotatable bonds is 5. The van der Waals surface area contributed by atoms with Crippen LogP contribution < -0.4 is 5.32 Å². The van der Waals surface area contributed by atoms with Gasteiger partial charge in [-0.25, -0.2) is 4.98 Å². The van der Waals surface area contributed by atoms with Crippen LogP contribution in [0, 0.1) is 13.8 Å². The fourth-order valence-corrected chi connectivity index (χ4v) is 2.27. The molecule has 2 aromatic rings. The van der Waals surface area contributed by atoms with Crippen LogP contribution in [0.2, 0.25) is 0 Å². The number of H-pyrrole nitrogens is 1. The molecule has 0 amide bonds. The van der Waals surface area contributed by atoms with E-state index in [-0.39, 0.29) is 6.04 Å². The Labute approximate surface area is 108 Å². The first-order valence-corrected chi connectivity index (χ1v) is 6.36. The molecule has 4 nitrogen and oxygen atoms in total. The monoisotopic (exact) mass is 244 g/mol. The van der Waals surface area contributed by atoms with Crippen LogP contribution in [0.3, 0.4) is 0 Å². The van der Waals surface area contributed by atoms with E-state index in [0.717, 1.165) is 18.8 Å². The normalized spacial score (nSPS) is 12.6. The number of hydrogen-bond acceptors (Lipinski definition) is 3. The third kappa shape index (κ3) is 2.76. The highest BCUT2D eigenvalue weighted by atomic mass is 15.2. The quantitative estimate of drug-likeness (QED) is 0.848. The second-order valence-electron chi connectivity index (χ2n) is 4.56. The van der Waals surface area contributed by atoms with Gasteiger partial charge < -0.3 is 5.32 Å². The number of benzene rings is 1. The van der Waals surface area contributed by atoms with Gasteiger partial charge in [0.25, 0.3) is 0 Å². The molecule has 1 atom stereocenters. The predicted molar refractivity (Wildman–Crippen MR) is 72.4 cm³/mol. The van der Waals surface area contributed by atoms with Gasteiger partial charge in [0.1, 0.15) is 12.2 Å². The summed E-state index contributed by atoms with van der Waals surface area (Å²) >= 11 is 0. The first kappa shape index (κ1) is 12.8. The molecule has 1 heterocycles. The van der Waals surface area contributed by atoms with Crippen molar-refractivity contribution in [2.75, 3.05) is 6.54 Å². The molecule has 0 aliphatic carbocycles. The Morgan fingerprint density at radius 1 is 1.28 bits per heavy atom. The van der Waals surface area contributed by atoms with E-state index >= 15 is 0 Å². The van der Waals surface area contributed by atoms with E-state index in [4.69, 9.17) is 0 Å². The van der Waals surface area contributed by atoms with Gasteiger partial charge in [-0.05, 0) is 43.5 Å². The van der Waals surface area contributed by atoms with Crippen LogP contribution in [0.15, 0.2) is 24.5 Å². The van der Waals surface area contributed by atoms with E-state index < -0.39 is 0 Å². The maximum Gasteiger partial charge on any atom is 0.141 e. The molecule has 0 fully saturated rings. The minimum Gasteiger partial charge on any atom is -0.307 e. The Morgan fingerprint density at radius 3 is 2.56 bits per heavy atom. The van der Waals surface area contributed by atoms with E-state index in [9.17, 15) is 0 Å². The molecule has 0 aliphatic rings. The van der Waals surface area contributed by atoms with Gasteiger partial charge in [-0.15, -0.1) is 0 Å². The molecule has 1 unspecified atom stereocenters. The van der Waals surface area contributed by atoms with Gasteiger partial charge in [-0.1, -0.05) is 25.1 Å². The number of likely N-dealkylation sites (N-methyl/N-ethyl adjacent to an activating group) is 1. The SMILES string of the molecule is CCNC(Cc1c(C)cccc1C)c1ncn[nH]1. The summed E-state index contributed by atoms with van der Waals surface area (Å²) in [5, 5.41) is 10.3. The Morgan fingerprint density at radius 2 is 2.00 bits per heavy atom. The highest BCUT2D eigenvalue weighted by Gasteiger charge is 2.16. The minimum atomic E-state index is 0.192. The van der Waals surface area contributed by atoms with Crippen LogP contribution in [-0.2, 0) is 6.42 Å². The molecule has 1 aromatic carbocycles. The van der Waals surface area contributed by atoms with Crippen LogP contribution in [0.5, 0.6) is 0 Å². The lowest BCUT2D eigenvalue weighted by Gasteiger charge is -2.18. The summed E-state index contributed by atoms with van der Waals surface area (Å²) in [6.45, 7) is 7.34. The Hall–Kier alpha value is -1.68. The van der Waals surface area contributed by atoms with Crippen LogP contribution >= 0.6 is 0 Å². The second-order valence-corrected chi connectivity index (χ2v) is 4.56. The van der Waals surface area contributed by atoms with Crippen molar-refractivity contribution in [1.29, 1.82) is 0 Å². The number of nitrogens with zero attached hydrogens (tertiary/aromatic N) is 2. The van der Waals surface area contributed by atoms with Gasteiger partial charge in [0.2, 0.25) is 0 Å². The zero-order valence-electron chi connectivity index (χ0n) is 11.2. The molecular weight excluding hydrogens is 224 g/mol. The summed E-state index contributed by atoms with van der Waals surface area (Å²) in [5.41, 5.74) is 4.05. The zero-order chi connectivity index (χ0) is 13.0. The van der Waals surface area contributed by atoms with Crippen molar-refractivity contribution < 1.29 is 0 Å². The summed E-state index contributed by atoms with van der Waals surface area (Å²) in [6, 6.07) is 6.61. The largest absolute Gasteiger partial charge is 0.307 e. The third-order valence-electron chi connectivity index (χ3n) is 3.27. The van der Waals surface area contributed by atoms with Gasteiger partial charge in [0.05, 0.1) is 6.04 Å². The molecule has 0 saturated carbocycles. The van der Waals surface area contributed by atoms with Crippen molar-refractivity contribution in [3.05, 3.63) is 47.0 Å².